The molecular weight excluding hydrogens is 649 g/mol. The number of aromatic nitrogens is 2. The number of aliphatic hydroxyl groups is 1. The van der Waals surface area contributed by atoms with Gasteiger partial charge in [0.15, 0.2) is 0 Å². The fourth-order valence-electron chi connectivity index (χ4n) is 6.07. The van der Waals surface area contributed by atoms with Crippen LogP contribution in [-0.4, -0.2) is 27.7 Å². The summed E-state index contributed by atoms with van der Waals surface area (Å²) >= 11 is 0. The van der Waals surface area contributed by atoms with E-state index in [4.69, 9.17) is 27.7 Å². The van der Waals surface area contributed by atoms with Crippen LogP contribution in [0.4, 0.5) is 23.3 Å². The highest BCUT2D eigenvalue weighted by atomic mass is 16.5. The molecule has 268 valence electrons. The summed E-state index contributed by atoms with van der Waals surface area (Å²) < 4.78 is 5.04. The molecule has 52 heavy (non-hydrogen) atoms. The van der Waals surface area contributed by atoms with Crippen molar-refractivity contribution < 1.29 is 14.6 Å². The van der Waals surface area contributed by atoms with E-state index in [-0.39, 0.29) is 31.8 Å². The Bertz CT molecular complexity index is 1960. The Morgan fingerprint density at radius 1 is 0.577 bits per heavy atom. The van der Waals surface area contributed by atoms with Gasteiger partial charge in [0.05, 0.1) is 18.8 Å². The van der Waals surface area contributed by atoms with Crippen molar-refractivity contribution in [3.8, 4) is 0 Å². The van der Waals surface area contributed by atoms with Gasteiger partial charge in [0.1, 0.15) is 23.3 Å². The van der Waals surface area contributed by atoms with Crippen LogP contribution in [0.3, 0.4) is 0 Å². The quantitative estimate of drug-likeness (QED) is 0.0856. The second kappa shape index (κ2) is 18.7. The van der Waals surface area contributed by atoms with E-state index < -0.39 is 0 Å². The SMILES string of the molecule is C.CCOC(=O)c1ccc(CC(c2ccccc2)c2cc(N)nc(N)c2)cc1.Nc1cc(C(Cc2ccc(CO)cc2)c2ccccc2)cc(N)n1. The van der Waals surface area contributed by atoms with Gasteiger partial charge in [0.2, 0.25) is 0 Å². The second-order valence-corrected chi connectivity index (χ2v) is 12.2. The van der Waals surface area contributed by atoms with Crippen molar-refractivity contribution in [1.82, 2.24) is 9.97 Å². The lowest BCUT2D eigenvalue weighted by Crippen LogP contribution is -2.09. The highest BCUT2D eigenvalue weighted by Crippen LogP contribution is 2.32. The Morgan fingerprint density at radius 2 is 0.942 bits per heavy atom. The first-order valence-electron chi connectivity index (χ1n) is 16.8. The minimum absolute atomic E-state index is 0. The van der Waals surface area contributed by atoms with Gasteiger partial charge in [-0.3, -0.25) is 0 Å². The first-order chi connectivity index (χ1) is 24.7. The van der Waals surface area contributed by atoms with Gasteiger partial charge < -0.3 is 32.8 Å². The van der Waals surface area contributed by atoms with Crippen LogP contribution in [-0.2, 0) is 24.2 Å². The van der Waals surface area contributed by atoms with Crippen molar-refractivity contribution in [3.63, 3.8) is 0 Å². The molecule has 4 aromatic carbocycles. The van der Waals surface area contributed by atoms with Crippen molar-refractivity contribution in [2.45, 2.75) is 45.6 Å². The number of ether oxygens (including phenoxy) is 1. The van der Waals surface area contributed by atoms with Gasteiger partial charge in [-0.25, -0.2) is 14.8 Å². The van der Waals surface area contributed by atoms with Crippen molar-refractivity contribution in [2.75, 3.05) is 29.5 Å². The molecule has 0 spiro atoms. The number of benzene rings is 4. The third kappa shape index (κ3) is 10.7. The molecule has 0 saturated carbocycles. The van der Waals surface area contributed by atoms with Gasteiger partial charge in [0.25, 0.3) is 0 Å². The monoisotopic (exact) mass is 696 g/mol. The van der Waals surface area contributed by atoms with Gasteiger partial charge in [-0.1, -0.05) is 104 Å². The molecule has 0 radical (unpaired) electrons. The van der Waals surface area contributed by atoms with E-state index >= 15 is 0 Å². The van der Waals surface area contributed by atoms with Crippen molar-refractivity contribution in [3.05, 3.63) is 178 Å². The summed E-state index contributed by atoms with van der Waals surface area (Å²) in [5.74, 6) is 1.58. The molecule has 6 aromatic rings. The van der Waals surface area contributed by atoms with Gasteiger partial charge >= 0.3 is 5.97 Å². The standard InChI is InChI=1S/C22H23N3O2.C20H21N3O.CH4/c1-2-27-22(26)17-10-8-15(9-11-17)12-19(16-6-4-3-5-7-16)18-13-20(23)25-21(24)14-18;21-19-11-17(12-20(22)23-19)18(16-4-2-1-3-5-16)10-14-6-8-15(13-24)9-7-14;/h3-11,13-14,19H,2,12H2,1H3,(H4,23,24,25);1-9,11-12,18,24H,10,13H2,(H4,21,22,23);1H4. The molecule has 0 fully saturated rings. The van der Waals surface area contributed by atoms with E-state index in [9.17, 15) is 9.90 Å². The summed E-state index contributed by atoms with van der Waals surface area (Å²) in [6.45, 7) is 2.21. The summed E-state index contributed by atoms with van der Waals surface area (Å²) in [6, 6.07) is 43.5. The van der Waals surface area contributed by atoms with E-state index in [1.165, 1.54) is 11.1 Å². The van der Waals surface area contributed by atoms with Crippen LogP contribution in [0.5, 0.6) is 0 Å². The lowest BCUT2D eigenvalue weighted by molar-refractivity contribution is 0.0526. The van der Waals surface area contributed by atoms with E-state index in [0.717, 1.165) is 40.7 Å². The number of hydrogen-bond acceptors (Lipinski definition) is 9. The molecule has 0 bridgehead atoms. The molecule has 9 N–H and O–H groups in total. The third-order valence-corrected chi connectivity index (χ3v) is 8.53. The largest absolute Gasteiger partial charge is 0.462 e. The van der Waals surface area contributed by atoms with Crippen molar-refractivity contribution in [1.29, 1.82) is 0 Å². The average Bonchev–Trinajstić information content (AvgIpc) is 3.13. The highest BCUT2D eigenvalue weighted by molar-refractivity contribution is 5.89. The molecule has 0 aliphatic heterocycles. The maximum Gasteiger partial charge on any atom is 0.338 e. The van der Waals surface area contributed by atoms with Crippen LogP contribution < -0.4 is 22.9 Å². The van der Waals surface area contributed by atoms with Gasteiger partial charge in [-0.05, 0) is 95.1 Å². The number of aliphatic hydroxyl groups excluding tert-OH is 1. The van der Waals surface area contributed by atoms with E-state index in [1.807, 2.05) is 84.9 Å². The van der Waals surface area contributed by atoms with Crippen LogP contribution in [0, 0.1) is 0 Å². The van der Waals surface area contributed by atoms with Gasteiger partial charge in [-0.15, -0.1) is 0 Å². The number of carbonyl (C=O) groups excluding carboxylic acids is 1. The van der Waals surface area contributed by atoms with E-state index in [2.05, 4.69) is 46.4 Å². The number of nitrogens with zero attached hydrogens (tertiary/aromatic N) is 2. The average molecular weight is 697 g/mol. The number of hydrogen-bond donors (Lipinski definition) is 5. The second-order valence-electron chi connectivity index (χ2n) is 12.2. The maximum atomic E-state index is 11.8. The van der Waals surface area contributed by atoms with Crippen LogP contribution in [0.1, 0.15) is 75.5 Å². The Kier molecular flexibility index (Phi) is 13.9. The first kappa shape index (κ1) is 38.6. The molecule has 9 heteroatoms. The molecule has 0 saturated heterocycles. The number of carbonyl (C=O) groups is 1. The molecule has 2 aromatic heterocycles. The van der Waals surface area contributed by atoms with E-state index in [0.29, 0.717) is 35.4 Å². The molecule has 0 aliphatic carbocycles. The molecular formula is C43H48N6O3. The Balaban J connectivity index is 0.000000230. The normalized spacial score (nSPS) is 11.7. The summed E-state index contributed by atoms with van der Waals surface area (Å²) in [5, 5.41) is 9.19. The Morgan fingerprint density at radius 3 is 1.31 bits per heavy atom. The van der Waals surface area contributed by atoms with Crippen LogP contribution in [0.15, 0.2) is 133 Å². The maximum absolute atomic E-state index is 11.8. The lowest BCUT2D eigenvalue weighted by atomic mass is 9.86. The topological polar surface area (TPSA) is 176 Å². The summed E-state index contributed by atoms with van der Waals surface area (Å²) in [6.07, 6.45) is 1.56. The number of rotatable bonds is 11. The zero-order valence-electron chi connectivity index (χ0n) is 28.7. The Hall–Kier alpha value is -6.19. The predicted octanol–water partition coefficient (Wildman–Crippen LogP) is 7.55. The summed E-state index contributed by atoms with van der Waals surface area (Å²) in [7, 11) is 0. The smallest absolute Gasteiger partial charge is 0.338 e. The number of anilines is 4. The lowest BCUT2D eigenvalue weighted by Gasteiger charge is -2.19. The van der Waals surface area contributed by atoms with Crippen molar-refractivity contribution in [2.24, 2.45) is 0 Å². The van der Waals surface area contributed by atoms with Crippen molar-refractivity contribution >= 4 is 29.2 Å². The molecule has 2 atom stereocenters. The first-order valence-corrected chi connectivity index (χ1v) is 16.8. The van der Waals surface area contributed by atoms with Crippen LogP contribution >= 0.6 is 0 Å². The molecule has 6 rings (SSSR count). The minimum atomic E-state index is -0.307. The van der Waals surface area contributed by atoms with Gasteiger partial charge in [-0.2, -0.15) is 0 Å². The fraction of sp³-hybridized carbons (Fsp3) is 0.186. The molecule has 2 unspecified atom stereocenters. The molecule has 2 heterocycles. The zero-order valence-corrected chi connectivity index (χ0v) is 28.7. The molecule has 0 aliphatic rings. The predicted molar refractivity (Wildman–Crippen MR) is 212 cm³/mol. The number of nitrogens with two attached hydrogens (primary N) is 4. The summed E-state index contributed by atoms with van der Waals surface area (Å²) in [5.41, 5.74) is 31.8. The summed E-state index contributed by atoms with van der Waals surface area (Å²) in [4.78, 5) is 20.0. The van der Waals surface area contributed by atoms with E-state index in [1.54, 1.807) is 19.1 Å². The number of nitrogen functional groups attached to an aromatic ring is 4. The Labute approximate surface area is 306 Å². The minimum Gasteiger partial charge on any atom is -0.462 e. The number of pyridine rings is 2. The zero-order chi connectivity index (χ0) is 36.2. The molecule has 0 amide bonds. The van der Waals surface area contributed by atoms with Crippen LogP contribution in [0.25, 0.3) is 0 Å². The molecule has 9 nitrogen and oxygen atoms in total. The number of esters is 1. The third-order valence-electron chi connectivity index (χ3n) is 8.53. The highest BCUT2D eigenvalue weighted by Gasteiger charge is 2.18. The fourth-order valence-corrected chi connectivity index (χ4v) is 6.07. The van der Waals surface area contributed by atoms with Gasteiger partial charge in [0, 0.05) is 11.8 Å². The van der Waals surface area contributed by atoms with Crippen LogP contribution in [0.2, 0.25) is 0 Å².